The summed E-state index contributed by atoms with van der Waals surface area (Å²) in [5.74, 6) is -4.20. The monoisotopic (exact) mass is 587 g/mol. The fourth-order valence-corrected chi connectivity index (χ4v) is 5.46. The molecule has 2 aromatic carbocycles. The number of sulfone groups is 1. The Balaban J connectivity index is 0.00000441. The van der Waals surface area contributed by atoms with E-state index in [4.69, 9.17) is 5.73 Å². The Hall–Kier alpha value is -3.99. The molecule has 1 unspecified atom stereocenters. The third-order valence-corrected chi connectivity index (χ3v) is 7.94. The average Bonchev–Trinajstić information content (AvgIpc) is 3.14. The van der Waals surface area contributed by atoms with Crippen molar-refractivity contribution in [3.8, 4) is 6.07 Å². The first-order valence-electron chi connectivity index (χ1n) is 12.0. The van der Waals surface area contributed by atoms with Gasteiger partial charge in [-0.15, -0.1) is 12.4 Å². The molecule has 3 N–H and O–H groups in total. The number of nitrogens with zero attached hydrogens (tertiary/aromatic N) is 5. The van der Waals surface area contributed by atoms with E-state index in [2.05, 4.69) is 10.4 Å². The maximum atomic E-state index is 14.3. The number of aryl methyl sites for hydroxylation is 1. The number of nitrogens with two attached hydrogens (primary N) is 1. The number of carbonyl (C=O) groups is 3. The van der Waals surface area contributed by atoms with Gasteiger partial charge >= 0.3 is 0 Å². The fourth-order valence-electron chi connectivity index (χ4n) is 4.86. The molecule has 0 bridgehead atoms. The number of hydrogen-bond acceptors (Lipinski definition) is 8. The van der Waals surface area contributed by atoms with Gasteiger partial charge < -0.3 is 20.9 Å². The SMILES string of the molecule is CNC(C)(C(N)=O)[C@@H]1CN(C(=O)CS(C)(=O)=O)c2cc(C#N)ccc2N(Cc2nn(C)c3ccccc23)C1=O.Cl. The molecule has 0 spiro atoms. The molecule has 0 saturated carbocycles. The lowest BCUT2D eigenvalue weighted by Gasteiger charge is -2.36. The summed E-state index contributed by atoms with van der Waals surface area (Å²) < 4.78 is 25.8. The molecule has 1 aliphatic heterocycles. The van der Waals surface area contributed by atoms with Gasteiger partial charge in [-0.05, 0) is 38.2 Å². The zero-order valence-corrected chi connectivity index (χ0v) is 24.0. The number of halogens is 1. The van der Waals surface area contributed by atoms with Crippen LogP contribution >= 0.6 is 12.4 Å². The summed E-state index contributed by atoms with van der Waals surface area (Å²) in [6.07, 6.45) is 0.928. The van der Waals surface area contributed by atoms with E-state index in [0.29, 0.717) is 5.69 Å². The number of carbonyl (C=O) groups excluding carboxylic acids is 3. The largest absolute Gasteiger partial charge is 0.368 e. The van der Waals surface area contributed by atoms with Gasteiger partial charge in [0, 0.05) is 25.2 Å². The van der Waals surface area contributed by atoms with Crippen molar-refractivity contribution < 1.29 is 22.8 Å². The van der Waals surface area contributed by atoms with Gasteiger partial charge in [-0.25, -0.2) is 8.42 Å². The molecule has 14 heteroatoms. The lowest BCUT2D eigenvalue weighted by molar-refractivity contribution is -0.133. The average molecular weight is 588 g/mol. The molecule has 0 radical (unpaired) electrons. The number of nitrogens with one attached hydrogen (secondary N) is 1. The zero-order valence-electron chi connectivity index (χ0n) is 22.4. The van der Waals surface area contributed by atoms with Crippen LogP contribution in [0.2, 0.25) is 0 Å². The second-order valence-corrected chi connectivity index (χ2v) is 11.9. The Morgan fingerprint density at radius 1 is 1.23 bits per heavy atom. The molecular formula is C26H30ClN7O5S. The van der Waals surface area contributed by atoms with Crippen molar-refractivity contribution >= 4 is 62.2 Å². The van der Waals surface area contributed by atoms with Crippen molar-refractivity contribution in [2.75, 3.05) is 35.4 Å². The van der Waals surface area contributed by atoms with Crippen molar-refractivity contribution in [2.45, 2.75) is 19.0 Å². The van der Waals surface area contributed by atoms with Crippen LogP contribution in [0, 0.1) is 17.2 Å². The van der Waals surface area contributed by atoms with Gasteiger partial charge in [-0.2, -0.15) is 10.4 Å². The quantitative estimate of drug-likeness (QED) is 0.410. The summed E-state index contributed by atoms with van der Waals surface area (Å²) >= 11 is 0. The molecule has 1 aliphatic rings. The Kier molecular flexibility index (Phi) is 8.59. The van der Waals surface area contributed by atoms with E-state index >= 15 is 0 Å². The minimum Gasteiger partial charge on any atom is -0.368 e. The van der Waals surface area contributed by atoms with Crippen LogP contribution in [0.25, 0.3) is 10.9 Å². The van der Waals surface area contributed by atoms with Crippen molar-refractivity contribution in [2.24, 2.45) is 18.7 Å². The smallest absolute Gasteiger partial charge is 0.242 e. The summed E-state index contributed by atoms with van der Waals surface area (Å²) in [7, 11) is -0.494. The van der Waals surface area contributed by atoms with Gasteiger partial charge in [0.2, 0.25) is 17.7 Å². The highest BCUT2D eigenvalue weighted by Gasteiger charge is 2.49. The van der Waals surface area contributed by atoms with Gasteiger partial charge in [0.25, 0.3) is 0 Å². The first-order chi connectivity index (χ1) is 18.3. The highest BCUT2D eigenvalue weighted by Crippen LogP contribution is 2.39. The molecule has 212 valence electrons. The maximum Gasteiger partial charge on any atom is 0.242 e. The molecule has 1 aromatic heterocycles. The number of likely N-dealkylation sites (N-methyl/N-ethyl adjacent to an activating group) is 1. The number of hydrogen-bond donors (Lipinski definition) is 2. The van der Waals surface area contributed by atoms with Gasteiger partial charge in [-0.3, -0.25) is 19.1 Å². The molecule has 2 heterocycles. The molecule has 2 atom stereocenters. The second kappa shape index (κ2) is 11.2. The van der Waals surface area contributed by atoms with Crippen LogP contribution in [0.1, 0.15) is 18.2 Å². The minimum atomic E-state index is -3.75. The van der Waals surface area contributed by atoms with Crippen LogP contribution in [0.3, 0.4) is 0 Å². The van der Waals surface area contributed by atoms with Crippen LogP contribution in [-0.4, -0.2) is 67.1 Å². The normalized spacial score (nSPS) is 16.9. The maximum absolute atomic E-state index is 14.3. The number of amides is 3. The predicted octanol–water partition coefficient (Wildman–Crippen LogP) is 0.871. The Morgan fingerprint density at radius 3 is 2.50 bits per heavy atom. The predicted molar refractivity (Wildman–Crippen MR) is 153 cm³/mol. The first kappa shape index (κ1) is 30.6. The van der Waals surface area contributed by atoms with Crippen molar-refractivity contribution in [3.05, 3.63) is 53.7 Å². The van der Waals surface area contributed by atoms with Crippen LogP contribution in [0.15, 0.2) is 42.5 Å². The lowest BCUT2D eigenvalue weighted by Crippen LogP contribution is -2.63. The molecule has 4 rings (SSSR count). The number of para-hydroxylation sites is 1. The number of fused-ring (bicyclic) bond motifs is 2. The van der Waals surface area contributed by atoms with E-state index in [1.54, 1.807) is 11.7 Å². The van der Waals surface area contributed by atoms with E-state index in [0.717, 1.165) is 22.1 Å². The zero-order chi connectivity index (χ0) is 28.7. The third-order valence-electron chi connectivity index (χ3n) is 7.17. The fraction of sp³-hybridized carbons (Fsp3) is 0.346. The Morgan fingerprint density at radius 2 is 1.90 bits per heavy atom. The van der Waals surface area contributed by atoms with Crippen molar-refractivity contribution in [1.82, 2.24) is 15.1 Å². The summed E-state index contributed by atoms with van der Waals surface area (Å²) in [5.41, 5.74) is 6.18. The van der Waals surface area contributed by atoms with Gasteiger partial charge in [-0.1, -0.05) is 18.2 Å². The molecule has 3 aromatic rings. The van der Waals surface area contributed by atoms with Crippen LogP contribution in [0.4, 0.5) is 11.4 Å². The molecule has 0 fully saturated rings. The van der Waals surface area contributed by atoms with Crippen molar-refractivity contribution in [3.63, 3.8) is 0 Å². The van der Waals surface area contributed by atoms with Crippen LogP contribution in [0.5, 0.6) is 0 Å². The van der Waals surface area contributed by atoms with Gasteiger partial charge in [0.1, 0.15) is 11.3 Å². The molecular weight excluding hydrogens is 558 g/mol. The van der Waals surface area contributed by atoms with E-state index in [1.807, 2.05) is 30.3 Å². The number of nitriles is 1. The highest BCUT2D eigenvalue weighted by molar-refractivity contribution is 7.91. The van der Waals surface area contributed by atoms with Gasteiger partial charge in [0.05, 0.1) is 46.7 Å². The highest BCUT2D eigenvalue weighted by atomic mass is 35.5. The molecule has 40 heavy (non-hydrogen) atoms. The van der Waals surface area contributed by atoms with Crippen LogP contribution < -0.4 is 20.9 Å². The summed E-state index contributed by atoms with van der Waals surface area (Å²) in [6, 6.07) is 14.0. The number of benzene rings is 2. The Bertz CT molecular complexity index is 1650. The topological polar surface area (TPSA) is 171 Å². The number of aromatic nitrogens is 2. The third kappa shape index (κ3) is 5.51. The van der Waals surface area contributed by atoms with E-state index in [9.17, 15) is 28.1 Å². The number of primary amides is 1. The summed E-state index contributed by atoms with van der Waals surface area (Å²) in [5, 5.41) is 17.8. The summed E-state index contributed by atoms with van der Waals surface area (Å²) in [4.78, 5) is 42.9. The van der Waals surface area contributed by atoms with E-state index < -0.39 is 44.8 Å². The lowest BCUT2D eigenvalue weighted by atomic mass is 9.83. The molecule has 3 amide bonds. The van der Waals surface area contributed by atoms with E-state index in [-0.39, 0.29) is 42.4 Å². The minimum absolute atomic E-state index is 0. The second-order valence-electron chi connectivity index (χ2n) is 9.77. The summed E-state index contributed by atoms with van der Waals surface area (Å²) in [6.45, 7) is 1.08. The number of rotatable bonds is 7. The number of anilines is 2. The standard InChI is InChI=1S/C26H29N7O5S.ClH/c1-26(29-2,25(28)36)18-13-32(23(34)15-39(4,37)38)22-11-16(12-27)9-10-21(22)33(24(18)35)14-19-17-7-5-6-8-20(17)31(3)30-19;/h5-11,18,29H,13-15H2,1-4H3,(H2,28,36);1H/t18-,26?;/m1./s1. The molecule has 0 aliphatic carbocycles. The first-order valence-corrected chi connectivity index (χ1v) is 14.1. The Labute approximate surface area is 238 Å². The van der Waals surface area contributed by atoms with E-state index in [1.165, 1.54) is 37.1 Å². The van der Waals surface area contributed by atoms with Crippen LogP contribution in [-0.2, 0) is 37.8 Å². The van der Waals surface area contributed by atoms with Crippen molar-refractivity contribution in [1.29, 1.82) is 5.26 Å². The molecule has 12 nitrogen and oxygen atoms in total. The van der Waals surface area contributed by atoms with Gasteiger partial charge in [0.15, 0.2) is 9.84 Å². The molecule has 0 saturated heterocycles.